The molecule has 0 radical (unpaired) electrons. The van der Waals surface area contributed by atoms with Crippen molar-refractivity contribution in [2.75, 3.05) is 46.5 Å². The van der Waals surface area contributed by atoms with E-state index in [1.54, 1.807) is 36.4 Å². The van der Waals surface area contributed by atoms with Gasteiger partial charge >= 0.3 is 17.9 Å². The minimum atomic E-state index is -1.00. The standard InChI is InChI=1S/C28H29NO9/c1-29(14-17-36-23-8-2-20(3-9-23)26(30)31,15-18-37-24-10-4-21(5-11-24)27(32)33)16-19-38-25-12-6-22(7-13-25)28(34)35/h2-13H,14-19H2,1H3,(H2-,30,31,32,33,34,35)/p+1. The first-order valence-corrected chi connectivity index (χ1v) is 11.9. The lowest BCUT2D eigenvalue weighted by atomic mass is 10.2. The lowest BCUT2D eigenvalue weighted by Crippen LogP contribution is -2.51. The van der Waals surface area contributed by atoms with Crippen LogP contribution in [0.3, 0.4) is 0 Å². The first kappa shape index (κ1) is 28.0. The highest BCUT2D eigenvalue weighted by atomic mass is 16.5. The van der Waals surface area contributed by atoms with Crippen molar-refractivity contribution in [2.45, 2.75) is 0 Å². The van der Waals surface area contributed by atoms with E-state index in [4.69, 9.17) is 29.5 Å². The van der Waals surface area contributed by atoms with E-state index in [-0.39, 0.29) is 16.7 Å². The highest BCUT2D eigenvalue weighted by molar-refractivity contribution is 5.88. The largest absolute Gasteiger partial charge is 0.488 e. The summed E-state index contributed by atoms with van der Waals surface area (Å²) in [6.45, 7) is 2.90. The van der Waals surface area contributed by atoms with Crippen LogP contribution < -0.4 is 14.2 Å². The van der Waals surface area contributed by atoms with E-state index in [9.17, 15) is 14.4 Å². The molecule has 0 aliphatic carbocycles. The Balaban J connectivity index is 1.57. The highest BCUT2D eigenvalue weighted by Crippen LogP contribution is 2.16. The number of hydrogen-bond acceptors (Lipinski definition) is 6. The van der Waals surface area contributed by atoms with Crippen LogP contribution >= 0.6 is 0 Å². The van der Waals surface area contributed by atoms with Gasteiger partial charge < -0.3 is 34.0 Å². The maximum absolute atomic E-state index is 11.0. The van der Waals surface area contributed by atoms with Crippen molar-refractivity contribution < 1.29 is 48.4 Å². The van der Waals surface area contributed by atoms with Gasteiger partial charge in [0.1, 0.15) is 56.7 Å². The Morgan fingerprint density at radius 2 is 0.763 bits per heavy atom. The van der Waals surface area contributed by atoms with Gasteiger partial charge in [0.05, 0.1) is 23.7 Å². The summed E-state index contributed by atoms with van der Waals surface area (Å²) in [6.07, 6.45) is 0. The van der Waals surface area contributed by atoms with Crippen LogP contribution in [0.2, 0.25) is 0 Å². The molecular formula is C28H30NO9+. The predicted molar refractivity (Wildman–Crippen MR) is 137 cm³/mol. The molecule has 0 saturated carbocycles. The number of benzene rings is 3. The topological polar surface area (TPSA) is 140 Å². The monoisotopic (exact) mass is 524 g/mol. The van der Waals surface area contributed by atoms with E-state index >= 15 is 0 Å². The van der Waals surface area contributed by atoms with Gasteiger partial charge in [-0.05, 0) is 72.8 Å². The van der Waals surface area contributed by atoms with Crippen molar-refractivity contribution in [3.8, 4) is 17.2 Å². The molecule has 3 aromatic carbocycles. The van der Waals surface area contributed by atoms with Gasteiger partial charge in [0, 0.05) is 0 Å². The Morgan fingerprint density at radius 3 is 0.974 bits per heavy atom. The average Bonchev–Trinajstić information content (AvgIpc) is 2.89. The molecule has 0 aliphatic rings. The molecular weight excluding hydrogens is 494 g/mol. The minimum absolute atomic E-state index is 0.181. The Bertz CT molecular complexity index is 1070. The third-order valence-electron chi connectivity index (χ3n) is 6.00. The molecule has 200 valence electrons. The molecule has 0 aromatic heterocycles. The average molecular weight is 525 g/mol. The molecule has 3 rings (SSSR count). The summed E-state index contributed by atoms with van der Waals surface area (Å²) >= 11 is 0. The van der Waals surface area contributed by atoms with E-state index in [2.05, 4.69) is 0 Å². The van der Waals surface area contributed by atoms with Crippen molar-refractivity contribution >= 4 is 17.9 Å². The van der Waals surface area contributed by atoms with Crippen molar-refractivity contribution in [1.82, 2.24) is 0 Å². The summed E-state index contributed by atoms with van der Waals surface area (Å²) in [6, 6.07) is 18.6. The number of hydrogen-bond donors (Lipinski definition) is 3. The van der Waals surface area contributed by atoms with E-state index in [0.29, 0.717) is 61.2 Å². The van der Waals surface area contributed by atoms with Gasteiger partial charge in [0.2, 0.25) is 0 Å². The summed E-state index contributed by atoms with van der Waals surface area (Å²) < 4.78 is 18.0. The van der Waals surface area contributed by atoms with Crippen molar-refractivity contribution in [2.24, 2.45) is 0 Å². The fraction of sp³-hybridized carbons (Fsp3) is 0.250. The number of carboxylic acids is 3. The van der Waals surface area contributed by atoms with Crippen LogP contribution in [0.1, 0.15) is 31.1 Å². The Kier molecular flexibility index (Phi) is 9.66. The zero-order valence-electron chi connectivity index (χ0n) is 20.9. The summed E-state index contributed by atoms with van der Waals surface area (Å²) in [5, 5.41) is 27.1. The van der Waals surface area contributed by atoms with Crippen molar-refractivity contribution in [3.05, 3.63) is 89.5 Å². The third kappa shape index (κ3) is 8.52. The normalized spacial score (nSPS) is 11.0. The molecule has 38 heavy (non-hydrogen) atoms. The molecule has 10 nitrogen and oxygen atoms in total. The maximum Gasteiger partial charge on any atom is 0.335 e. The molecule has 0 heterocycles. The Morgan fingerprint density at radius 1 is 0.526 bits per heavy atom. The van der Waals surface area contributed by atoms with Crippen LogP contribution in [0.25, 0.3) is 0 Å². The van der Waals surface area contributed by atoms with Gasteiger partial charge in [0.15, 0.2) is 0 Å². The molecule has 3 N–H and O–H groups in total. The van der Waals surface area contributed by atoms with Gasteiger partial charge in [-0.1, -0.05) is 0 Å². The van der Waals surface area contributed by atoms with Gasteiger partial charge in [-0.15, -0.1) is 0 Å². The fourth-order valence-electron chi connectivity index (χ4n) is 3.57. The molecule has 0 bridgehead atoms. The molecule has 0 aliphatic heterocycles. The van der Waals surface area contributed by atoms with Crippen LogP contribution in [-0.4, -0.2) is 84.2 Å². The lowest BCUT2D eigenvalue weighted by Gasteiger charge is -2.34. The molecule has 0 atom stereocenters. The quantitative estimate of drug-likeness (QED) is 0.254. The van der Waals surface area contributed by atoms with Crippen LogP contribution in [-0.2, 0) is 0 Å². The third-order valence-corrected chi connectivity index (χ3v) is 6.00. The fourth-order valence-corrected chi connectivity index (χ4v) is 3.57. The smallest absolute Gasteiger partial charge is 0.335 e. The summed E-state index contributed by atoms with van der Waals surface area (Å²) in [7, 11) is 2.03. The minimum Gasteiger partial charge on any atom is -0.488 e. The van der Waals surface area contributed by atoms with Crippen LogP contribution in [0.15, 0.2) is 72.8 Å². The number of carbonyl (C=O) groups is 3. The van der Waals surface area contributed by atoms with Gasteiger partial charge in [0.25, 0.3) is 0 Å². The predicted octanol–water partition coefficient (Wildman–Crippen LogP) is 3.76. The number of quaternary nitrogens is 1. The van der Waals surface area contributed by atoms with Gasteiger partial charge in [-0.25, -0.2) is 14.4 Å². The van der Waals surface area contributed by atoms with Crippen LogP contribution in [0, 0.1) is 0 Å². The summed E-state index contributed by atoms with van der Waals surface area (Å²) in [5.74, 6) is -1.33. The molecule has 3 aromatic rings. The SMILES string of the molecule is C[N+](CCOc1ccc(C(=O)O)cc1)(CCOc1ccc(C(=O)O)cc1)CCOc1ccc(C(=O)O)cc1. The first-order valence-electron chi connectivity index (χ1n) is 11.9. The van der Waals surface area contributed by atoms with Gasteiger partial charge in [-0.2, -0.15) is 0 Å². The molecule has 0 saturated heterocycles. The van der Waals surface area contributed by atoms with E-state index in [0.717, 1.165) is 0 Å². The zero-order chi connectivity index (χ0) is 27.5. The number of ether oxygens (including phenoxy) is 3. The summed E-state index contributed by atoms with van der Waals surface area (Å²) in [5.41, 5.74) is 0.542. The van der Waals surface area contributed by atoms with Gasteiger partial charge in [-0.3, -0.25) is 0 Å². The van der Waals surface area contributed by atoms with Crippen LogP contribution in [0.5, 0.6) is 17.2 Å². The zero-order valence-corrected chi connectivity index (χ0v) is 20.9. The Hall–Kier alpha value is -4.57. The Labute approximate surface area is 219 Å². The van der Waals surface area contributed by atoms with E-state index < -0.39 is 17.9 Å². The van der Waals surface area contributed by atoms with Crippen molar-refractivity contribution in [1.29, 1.82) is 0 Å². The van der Waals surface area contributed by atoms with E-state index in [1.807, 2.05) is 7.05 Å². The maximum atomic E-state index is 11.0. The second-order valence-corrected chi connectivity index (χ2v) is 8.82. The molecule has 0 amide bonds. The highest BCUT2D eigenvalue weighted by Gasteiger charge is 2.22. The molecule has 0 spiro atoms. The number of rotatable bonds is 15. The molecule has 0 unspecified atom stereocenters. The van der Waals surface area contributed by atoms with E-state index in [1.165, 1.54) is 36.4 Å². The second kappa shape index (κ2) is 13.1. The lowest BCUT2D eigenvalue weighted by molar-refractivity contribution is -0.909. The molecule has 0 fully saturated rings. The summed E-state index contributed by atoms with van der Waals surface area (Å²) in [4.78, 5) is 33.1. The number of nitrogens with zero attached hydrogens (tertiary/aromatic N) is 1. The number of likely N-dealkylation sites (N-methyl/N-ethyl adjacent to an activating group) is 1. The number of aromatic carboxylic acids is 3. The van der Waals surface area contributed by atoms with Crippen LogP contribution in [0.4, 0.5) is 0 Å². The first-order chi connectivity index (χ1) is 18.1. The number of carboxylic acid groups (broad SMARTS) is 3. The second-order valence-electron chi connectivity index (χ2n) is 8.82. The molecule has 10 heteroatoms. The van der Waals surface area contributed by atoms with Crippen molar-refractivity contribution in [3.63, 3.8) is 0 Å².